The summed E-state index contributed by atoms with van der Waals surface area (Å²) in [5, 5.41) is 3.21. The third kappa shape index (κ3) is 3.24. The highest BCUT2D eigenvalue weighted by atomic mass is 14.8. The van der Waals surface area contributed by atoms with Crippen molar-refractivity contribution < 1.29 is 0 Å². The molecule has 66 valence electrons. The lowest BCUT2D eigenvalue weighted by molar-refractivity contribution is 0.251. The number of hydrogen-bond acceptors (Lipinski definition) is 1. The Morgan fingerprint density at radius 3 is 2.64 bits per heavy atom. The molecule has 0 aromatic rings. The highest BCUT2D eigenvalue weighted by Gasteiger charge is 2.19. The summed E-state index contributed by atoms with van der Waals surface area (Å²) in [4.78, 5) is 0. The van der Waals surface area contributed by atoms with E-state index in [2.05, 4.69) is 12.2 Å². The van der Waals surface area contributed by atoms with Gasteiger partial charge in [0.1, 0.15) is 0 Å². The van der Waals surface area contributed by atoms with Gasteiger partial charge < -0.3 is 5.32 Å². The molecule has 0 radical (unpaired) electrons. The Hall–Kier alpha value is -0.0400. The van der Waals surface area contributed by atoms with E-state index in [9.17, 15) is 0 Å². The van der Waals surface area contributed by atoms with Crippen LogP contribution in [-0.4, -0.2) is 13.6 Å². The molecule has 1 unspecified atom stereocenters. The number of rotatable bonds is 5. The fourth-order valence-corrected chi connectivity index (χ4v) is 1.81. The van der Waals surface area contributed by atoms with E-state index < -0.39 is 0 Å². The molecule has 1 nitrogen and oxygen atoms in total. The first-order chi connectivity index (χ1) is 5.33. The second kappa shape index (κ2) is 4.76. The zero-order chi connectivity index (χ0) is 8.10. The minimum Gasteiger partial charge on any atom is -0.320 e. The van der Waals surface area contributed by atoms with Gasteiger partial charge in [-0.25, -0.2) is 0 Å². The molecule has 0 heterocycles. The third-order valence-corrected chi connectivity index (χ3v) is 2.85. The predicted octanol–water partition coefficient (Wildman–Crippen LogP) is 2.42. The first kappa shape index (κ1) is 9.05. The SMILES string of the molecule is CNCCC(C)CC1CCC1. The zero-order valence-corrected chi connectivity index (χ0v) is 7.90. The van der Waals surface area contributed by atoms with Crippen LogP contribution < -0.4 is 5.32 Å². The van der Waals surface area contributed by atoms with Crippen molar-refractivity contribution in [1.82, 2.24) is 5.32 Å². The van der Waals surface area contributed by atoms with Crippen LogP contribution in [0.1, 0.15) is 39.0 Å². The molecule has 1 aliphatic carbocycles. The summed E-state index contributed by atoms with van der Waals surface area (Å²) < 4.78 is 0. The summed E-state index contributed by atoms with van der Waals surface area (Å²) in [6.45, 7) is 3.57. The van der Waals surface area contributed by atoms with E-state index in [-0.39, 0.29) is 0 Å². The van der Waals surface area contributed by atoms with Crippen LogP contribution in [0.5, 0.6) is 0 Å². The van der Waals surface area contributed by atoms with Crippen molar-refractivity contribution in [3.05, 3.63) is 0 Å². The first-order valence-electron chi connectivity index (χ1n) is 4.97. The first-order valence-corrected chi connectivity index (χ1v) is 4.97. The average molecular weight is 155 g/mol. The predicted molar refractivity (Wildman–Crippen MR) is 49.7 cm³/mol. The maximum atomic E-state index is 3.21. The van der Waals surface area contributed by atoms with Crippen LogP contribution in [0.2, 0.25) is 0 Å². The van der Waals surface area contributed by atoms with Gasteiger partial charge in [0, 0.05) is 0 Å². The van der Waals surface area contributed by atoms with Crippen molar-refractivity contribution in [2.45, 2.75) is 39.0 Å². The molecule has 0 spiro atoms. The average Bonchev–Trinajstić information content (AvgIpc) is 1.93. The second-order valence-corrected chi connectivity index (χ2v) is 4.03. The van der Waals surface area contributed by atoms with E-state index >= 15 is 0 Å². The van der Waals surface area contributed by atoms with E-state index in [4.69, 9.17) is 0 Å². The minimum absolute atomic E-state index is 0.938. The van der Waals surface area contributed by atoms with Crippen LogP contribution in [0.25, 0.3) is 0 Å². The monoisotopic (exact) mass is 155 g/mol. The van der Waals surface area contributed by atoms with Gasteiger partial charge in [-0.3, -0.25) is 0 Å². The summed E-state index contributed by atoms with van der Waals surface area (Å²) in [5.41, 5.74) is 0. The van der Waals surface area contributed by atoms with Crippen LogP contribution >= 0.6 is 0 Å². The van der Waals surface area contributed by atoms with Gasteiger partial charge in [0.15, 0.2) is 0 Å². The van der Waals surface area contributed by atoms with Gasteiger partial charge >= 0.3 is 0 Å². The minimum atomic E-state index is 0.938. The Bertz CT molecular complexity index is 97.0. The molecular formula is C10H21N. The molecule has 0 aromatic carbocycles. The van der Waals surface area contributed by atoms with Crippen molar-refractivity contribution >= 4 is 0 Å². The molecule has 1 atom stereocenters. The quantitative estimate of drug-likeness (QED) is 0.643. The normalized spacial score (nSPS) is 21.3. The lowest BCUT2D eigenvalue weighted by atomic mass is 9.79. The number of nitrogens with one attached hydrogen (secondary N) is 1. The summed E-state index contributed by atoms with van der Waals surface area (Å²) in [7, 11) is 2.04. The van der Waals surface area contributed by atoms with Crippen LogP contribution in [-0.2, 0) is 0 Å². The van der Waals surface area contributed by atoms with Gasteiger partial charge in [-0.05, 0) is 38.3 Å². The van der Waals surface area contributed by atoms with Crippen LogP contribution in [0.3, 0.4) is 0 Å². The van der Waals surface area contributed by atoms with E-state index in [1.165, 1.54) is 38.6 Å². The second-order valence-electron chi connectivity index (χ2n) is 4.03. The highest BCUT2D eigenvalue weighted by Crippen LogP contribution is 2.32. The molecule has 0 saturated heterocycles. The van der Waals surface area contributed by atoms with Crippen molar-refractivity contribution in [1.29, 1.82) is 0 Å². The zero-order valence-electron chi connectivity index (χ0n) is 7.90. The molecule has 1 N–H and O–H groups in total. The molecule has 1 fully saturated rings. The Balaban J connectivity index is 1.95. The fraction of sp³-hybridized carbons (Fsp3) is 1.00. The van der Waals surface area contributed by atoms with Crippen molar-refractivity contribution in [2.75, 3.05) is 13.6 Å². The van der Waals surface area contributed by atoms with Gasteiger partial charge in [-0.2, -0.15) is 0 Å². The van der Waals surface area contributed by atoms with Crippen molar-refractivity contribution in [3.63, 3.8) is 0 Å². The topological polar surface area (TPSA) is 12.0 Å². The molecule has 0 amide bonds. The lowest BCUT2D eigenvalue weighted by Crippen LogP contribution is -2.17. The molecule has 0 bridgehead atoms. The Labute approximate surface area is 70.6 Å². The summed E-state index contributed by atoms with van der Waals surface area (Å²) in [5.74, 6) is 2.02. The van der Waals surface area contributed by atoms with E-state index in [0.29, 0.717) is 0 Å². The van der Waals surface area contributed by atoms with Crippen LogP contribution in [0.15, 0.2) is 0 Å². The van der Waals surface area contributed by atoms with Gasteiger partial charge in [0.25, 0.3) is 0 Å². The van der Waals surface area contributed by atoms with Gasteiger partial charge in [-0.1, -0.05) is 26.2 Å². The van der Waals surface area contributed by atoms with Gasteiger partial charge in [0.05, 0.1) is 0 Å². The maximum Gasteiger partial charge on any atom is -0.00494 e. The molecule has 1 rings (SSSR count). The lowest BCUT2D eigenvalue weighted by Gasteiger charge is -2.28. The Morgan fingerprint density at radius 2 is 2.18 bits per heavy atom. The van der Waals surface area contributed by atoms with Gasteiger partial charge in [0.2, 0.25) is 0 Å². The molecule has 11 heavy (non-hydrogen) atoms. The third-order valence-electron chi connectivity index (χ3n) is 2.85. The maximum absolute atomic E-state index is 3.21. The smallest absolute Gasteiger partial charge is 0.00494 e. The summed E-state index contributed by atoms with van der Waals surface area (Å²) >= 11 is 0. The molecule has 1 saturated carbocycles. The van der Waals surface area contributed by atoms with Crippen molar-refractivity contribution in [3.8, 4) is 0 Å². The standard InChI is InChI=1S/C10H21N/c1-9(6-7-11-2)8-10-4-3-5-10/h9-11H,3-8H2,1-2H3. The summed E-state index contributed by atoms with van der Waals surface area (Å²) in [6, 6.07) is 0. The van der Waals surface area contributed by atoms with Crippen molar-refractivity contribution in [2.24, 2.45) is 11.8 Å². The van der Waals surface area contributed by atoms with Crippen LogP contribution in [0, 0.1) is 11.8 Å². The highest BCUT2D eigenvalue weighted by molar-refractivity contribution is 4.72. The van der Waals surface area contributed by atoms with E-state index in [1.807, 2.05) is 7.05 Å². The van der Waals surface area contributed by atoms with Gasteiger partial charge in [-0.15, -0.1) is 0 Å². The van der Waals surface area contributed by atoms with Crippen LogP contribution in [0.4, 0.5) is 0 Å². The molecular weight excluding hydrogens is 134 g/mol. The molecule has 1 aliphatic rings. The van der Waals surface area contributed by atoms with E-state index in [0.717, 1.165) is 11.8 Å². The number of hydrogen-bond donors (Lipinski definition) is 1. The fourth-order valence-electron chi connectivity index (χ4n) is 1.81. The molecule has 0 aromatic heterocycles. The largest absolute Gasteiger partial charge is 0.320 e. The molecule has 1 heteroatoms. The van der Waals surface area contributed by atoms with E-state index in [1.54, 1.807) is 0 Å². The molecule has 0 aliphatic heterocycles. The Kier molecular flexibility index (Phi) is 3.92. The summed E-state index contributed by atoms with van der Waals surface area (Å²) in [6.07, 6.45) is 7.33. The Morgan fingerprint density at radius 1 is 1.45 bits per heavy atom.